The van der Waals surface area contributed by atoms with Crippen molar-refractivity contribution in [1.82, 2.24) is 10.2 Å². The lowest BCUT2D eigenvalue weighted by molar-refractivity contribution is 0.318. The number of nitrogens with zero attached hydrogens (tertiary/aromatic N) is 3. The smallest absolute Gasteiger partial charge is 0.235 e. The Hall–Kier alpha value is -1.86. The number of halogens is 1. The Morgan fingerprint density at radius 2 is 2.05 bits per heavy atom. The molecule has 0 saturated carbocycles. The second-order valence-electron chi connectivity index (χ2n) is 3.77. The molecule has 6 nitrogen and oxygen atoms in total. The van der Waals surface area contributed by atoms with Crippen LogP contribution < -0.4 is 16.2 Å². The van der Waals surface area contributed by atoms with Gasteiger partial charge in [-0.3, -0.25) is 0 Å². The molecule has 0 fully saturated rings. The number of nitrogens with two attached hydrogens (primary N) is 2. The second kappa shape index (κ2) is 7.66. The molecule has 0 bridgehead atoms. The predicted molar refractivity (Wildman–Crippen MR) is 83.8 cm³/mol. The van der Waals surface area contributed by atoms with E-state index in [4.69, 9.17) is 16.2 Å². The maximum Gasteiger partial charge on any atom is 0.235 e. The molecule has 2 rings (SSSR count). The summed E-state index contributed by atoms with van der Waals surface area (Å²) >= 11 is 1.31. The first-order chi connectivity index (χ1) is 9.20. The summed E-state index contributed by atoms with van der Waals surface area (Å²) in [5.41, 5.74) is 11.5. The molecule has 0 unspecified atom stereocenters. The van der Waals surface area contributed by atoms with Crippen LogP contribution in [0.5, 0.6) is 5.75 Å². The number of hydrogen-bond donors (Lipinski definition) is 2. The van der Waals surface area contributed by atoms with Gasteiger partial charge in [0.25, 0.3) is 0 Å². The van der Waals surface area contributed by atoms with Gasteiger partial charge in [0.2, 0.25) is 5.13 Å². The lowest BCUT2D eigenvalue weighted by Crippen LogP contribution is -2.21. The van der Waals surface area contributed by atoms with Crippen LogP contribution in [0.3, 0.4) is 0 Å². The summed E-state index contributed by atoms with van der Waals surface area (Å²) in [5, 5.41) is 9.16. The Bertz CT molecular complexity index is 583. The molecule has 0 amide bonds. The van der Waals surface area contributed by atoms with Gasteiger partial charge in [0.1, 0.15) is 5.75 Å². The summed E-state index contributed by atoms with van der Waals surface area (Å²) in [4.78, 5) is 3.87. The molecule has 1 aromatic carbocycles. The van der Waals surface area contributed by atoms with Crippen molar-refractivity contribution in [2.45, 2.75) is 13.3 Å². The van der Waals surface area contributed by atoms with Gasteiger partial charge >= 0.3 is 0 Å². The molecule has 0 aliphatic carbocycles. The average molecular weight is 314 g/mol. The van der Waals surface area contributed by atoms with E-state index in [0.717, 1.165) is 22.7 Å². The molecular weight excluding hydrogens is 298 g/mol. The summed E-state index contributed by atoms with van der Waals surface area (Å²) in [7, 11) is 0. The van der Waals surface area contributed by atoms with Crippen LogP contribution in [0.2, 0.25) is 0 Å². The Morgan fingerprint density at radius 1 is 1.30 bits per heavy atom. The van der Waals surface area contributed by atoms with Crippen molar-refractivity contribution >= 4 is 34.8 Å². The van der Waals surface area contributed by atoms with E-state index in [1.165, 1.54) is 11.3 Å². The topological polar surface area (TPSA) is 99.4 Å². The highest BCUT2D eigenvalue weighted by molar-refractivity contribution is 7.18. The molecule has 0 radical (unpaired) electrons. The largest absolute Gasteiger partial charge is 0.493 e. The third-order valence-corrected chi connectivity index (χ3v) is 3.07. The van der Waals surface area contributed by atoms with E-state index in [1.807, 2.05) is 24.3 Å². The van der Waals surface area contributed by atoms with Crippen molar-refractivity contribution in [2.24, 2.45) is 16.5 Å². The van der Waals surface area contributed by atoms with Crippen LogP contribution in [0.25, 0.3) is 10.6 Å². The summed E-state index contributed by atoms with van der Waals surface area (Å²) in [6, 6.07) is 7.69. The van der Waals surface area contributed by atoms with Gasteiger partial charge < -0.3 is 16.2 Å². The highest BCUT2D eigenvalue weighted by atomic mass is 35.5. The highest BCUT2D eigenvalue weighted by Gasteiger charge is 2.11. The third kappa shape index (κ3) is 4.07. The van der Waals surface area contributed by atoms with Gasteiger partial charge in [0, 0.05) is 0 Å². The molecule has 0 aliphatic rings. The Labute approximate surface area is 127 Å². The van der Waals surface area contributed by atoms with E-state index in [0.29, 0.717) is 11.7 Å². The molecule has 0 aliphatic heterocycles. The van der Waals surface area contributed by atoms with Gasteiger partial charge in [-0.05, 0) is 18.6 Å². The maximum atomic E-state index is 5.68. The minimum atomic E-state index is -0.0294. The molecule has 1 heterocycles. The molecule has 2 aromatic rings. The number of ether oxygens (including phenoxy) is 1. The van der Waals surface area contributed by atoms with Crippen LogP contribution in [0, 0.1) is 0 Å². The van der Waals surface area contributed by atoms with E-state index < -0.39 is 0 Å². The monoisotopic (exact) mass is 313 g/mol. The minimum absolute atomic E-state index is 0. The second-order valence-corrected chi connectivity index (χ2v) is 4.73. The fraction of sp³-hybridized carbons (Fsp3) is 0.250. The molecule has 108 valence electrons. The van der Waals surface area contributed by atoms with E-state index in [2.05, 4.69) is 22.1 Å². The Balaban J connectivity index is 0.00000200. The number of para-hydroxylation sites is 1. The zero-order chi connectivity index (χ0) is 13.7. The quantitative estimate of drug-likeness (QED) is 0.652. The van der Waals surface area contributed by atoms with Gasteiger partial charge in [-0.15, -0.1) is 22.6 Å². The van der Waals surface area contributed by atoms with Crippen molar-refractivity contribution in [3.63, 3.8) is 0 Å². The highest BCUT2D eigenvalue weighted by Crippen LogP contribution is 2.34. The Morgan fingerprint density at radius 3 is 2.75 bits per heavy atom. The Kier molecular flexibility index (Phi) is 6.20. The zero-order valence-electron chi connectivity index (χ0n) is 10.9. The van der Waals surface area contributed by atoms with E-state index in [1.54, 1.807) is 0 Å². The van der Waals surface area contributed by atoms with Crippen molar-refractivity contribution in [3.8, 4) is 16.3 Å². The third-order valence-electron chi connectivity index (χ3n) is 2.22. The first-order valence-electron chi connectivity index (χ1n) is 5.86. The summed E-state index contributed by atoms with van der Waals surface area (Å²) < 4.78 is 5.68. The summed E-state index contributed by atoms with van der Waals surface area (Å²) in [5.74, 6) is 0.759. The number of benzene rings is 1. The first kappa shape index (κ1) is 16.2. The van der Waals surface area contributed by atoms with Gasteiger partial charge in [0.15, 0.2) is 11.0 Å². The minimum Gasteiger partial charge on any atom is -0.493 e. The van der Waals surface area contributed by atoms with Crippen LogP contribution in [-0.2, 0) is 0 Å². The molecule has 1 aromatic heterocycles. The molecule has 0 atom stereocenters. The van der Waals surface area contributed by atoms with Crippen LogP contribution in [0.1, 0.15) is 13.3 Å². The van der Waals surface area contributed by atoms with Crippen LogP contribution >= 0.6 is 23.7 Å². The summed E-state index contributed by atoms with van der Waals surface area (Å²) in [6.45, 7) is 2.72. The number of aromatic nitrogens is 2. The summed E-state index contributed by atoms with van der Waals surface area (Å²) in [6.07, 6.45) is 0.948. The van der Waals surface area contributed by atoms with Gasteiger partial charge in [-0.1, -0.05) is 30.4 Å². The average Bonchev–Trinajstić information content (AvgIpc) is 2.84. The normalized spacial score (nSPS) is 9.65. The van der Waals surface area contributed by atoms with E-state index in [-0.39, 0.29) is 18.4 Å². The zero-order valence-corrected chi connectivity index (χ0v) is 12.6. The molecule has 4 N–H and O–H groups in total. The van der Waals surface area contributed by atoms with Crippen molar-refractivity contribution in [2.75, 3.05) is 6.61 Å². The maximum absolute atomic E-state index is 5.68. The van der Waals surface area contributed by atoms with Gasteiger partial charge in [0.05, 0.1) is 12.2 Å². The van der Waals surface area contributed by atoms with Crippen molar-refractivity contribution < 1.29 is 4.74 Å². The molecule has 0 saturated heterocycles. The lowest BCUT2D eigenvalue weighted by atomic mass is 10.2. The molecule has 8 heteroatoms. The van der Waals surface area contributed by atoms with Crippen LogP contribution in [-0.4, -0.2) is 22.8 Å². The fourth-order valence-corrected chi connectivity index (χ4v) is 2.23. The molecule has 20 heavy (non-hydrogen) atoms. The number of hydrogen-bond acceptors (Lipinski definition) is 5. The van der Waals surface area contributed by atoms with Crippen molar-refractivity contribution in [1.29, 1.82) is 0 Å². The first-order valence-corrected chi connectivity index (χ1v) is 6.67. The number of guanidine groups is 1. The van der Waals surface area contributed by atoms with Crippen LogP contribution in [0.15, 0.2) is 29.3 Å². The van der Waals surface area contributed by atoms with E-state index >= 15 is 0 Å². The molecular formula is C12H16ClN5OS. The van der Waals surface area contributed by atoms with E-state index in [9.17, 15) is 0 Å². The fourth-order valence-electron chi connectivity index (χ4n) is 1.46. The standard InChI is InChI=1S/C12H15N5OS.ClH/c1-2-7-18-9-6-4-3-5-8(9)10-16-17-12(19-10)15-11(13)14;/h3-6H,2,7H2,1H3,(H4,13,14,15,17);1H. The predicted octanol–water partition coefficient (Wildman–Crippen LogP) is 2.32. The SMILES string of the molecule is CCCOc1ccccc1-c1nnc(N=C(N)N)s1.Cl. The van der Waals surface area contributed by atoms with Gasteiger partial charge in [-0.25, -0.2) is 0 Å². The number of aliphatic imine (C=N–C) groups is 1. The molecule has 0 spiro atoms. The van der Waals surface area contributed by atoms with Crippen LogP contribution in [0.4, 0.5) is 5.13 Å². The van der Waals surface area contributed by atoms with Gasteiger partial charge in [-0.2, -0.15) is 4.99 Å². The van der Waals surface area contributed by atoms with Crippen molar-refractivity contribution in [3.05, 3.63) is 24.3 Å². The number of rotatable bonds is 5. The lowest BCUT2D eigenvalue weighted by Gasteiger charge is -2.07.